The third-order valence-electron chi connectivity index (χ3n) is 4.85. The minimum absolute atomic E-state index is 0.0209. The van der Waals surface area contributed by atoms with Crippen LogP contribution in [-0.4, -0.2) is 23.9 Å². The predicted molar refractivity (Wildman–Crippen MR) is 82.2 cm³/mol. The van der Waals surface area contributed by atoms with Crippen molar-refractivity contribution in [3.63, 3.8) is 0 Å². The first-order valence-corrected chi connectivity index (χ1v) is 7.76. The molecule has 4 heteroatoms. The van der Waals surface area contributed by atoms with Gasteiger partial charge in [0, 0.05) is 13.0 Å². The number of benzene rings is 1. The van der Waals surface area contributed by atoms with Crippen molar-refractivity contribution in [2.45, 2.75) is 45.6 Å². The second-order valence-corrected chi connectivity index (χ2v) is 6.14. The molecule has 0 spiro atoms. The van der Waals surface area contributed by atoms with E-state index in [-0.39, 0.29) is 23.2 Å². The van der Waals surface area contributed by atoms with Crippen LogP contribution in [0.5, 0.6) is 0 Å². The maximum absolute atomic E-state index is 13.0. The van der Waals surface area contributed by atoms with Crippen molar-refractivity contribution in [3.8, 4) is 0 Å². The third-order valence-corrected chi connectivity index (χ3v) is 4.85. The average Bonchev–Trinajstić information content (AvgIpc) is 2.44. The number of halogens is 1. The Bertz CT molecular complexity index is 477. The molecular weight excluding hydrogens is 267 g/mol. The number of nitrogens with zero attached hydrogens (tertiary/aromatic N) is 1. The van der Waals surface area contributed by atoms with Gasteiger partial charge in [0.15, 0.2) is 0 Å². The fourth-order valence-corrected chi connectivity index (χ4v) is 3.14. The fraction of sp³-hybridized carbons (Fsp3) is 0.588. The Kier molecular flexibility index (Phi) is 4.99. The zero-order chi connectivity index (χ0) is 15.5. The summed E-state index contributed by atoms with van der Waals surface area (Å²) in [6.45, 7) is 5.21. The van der Waals surface area contributed by atoms with Crippen LogP contribution in [0.3, 0.4) is 0 Å². The normalized spacial score (nSPS) is 17.9. The van der Waals surface area contributed by atoms with Gasteiger partial charge < -0.3 is 10.6 Å². The van der Waals surface area contributed by atoms with Crippen LogP contribution in [0.15, 0.2) is 24.3 Å². The van der Waals surface area contributed by atoms with Gasteiger partial charge in [-0.25, -0.2) is 4.39 Å². The van der Waals surface area contributed by atoms with Crippen molar-refractivity contribution in [2.75, 3.05) is 13.1 Å². The maximum Gasteiger partial charge on any atom is 0.223 e. The van der Waals surface area contributed by atoms with E-state index in [0.29, 0.717) is 19.5 Å². The van der Waals surface area contributed by atoms with Crippen LogP contribution in [-0.2, 0) is 4.79 Å². The summed E-state index contributed by atoms with van der Waals surface area (Å²) in [4.78, 5) is 14.5. The molecule has 0 aromatic heterocycles. The van der Waals surface area contributed by atoms with Gasteiger partial charge in [0.2, 0.25) is 5.91 Å². The maximum atomic E-state index is 13.0. The van der Waals surface area contributed by atoms with E-state index in [4.69, 9.17) is 5.73 Å². The topological polar surface area (TPSA) is 46.3 Å². The van der Waals surface area contributed by atoms with E-state index in [1.807, 2.05) is 18.7 Å². The molecule has 0 saturated heterocycles. The lowest BCUT2D eigenvalue weighted by Gasteiger charge is -2.42. The van der Waals surface area contributed by atoms with E-state index in [1.165, 1.54) is 18.6 Å². The van der Waals surface area contributed by atoms with Crippen molar-refractivity contribution in [3.05, 3.63) is 35.6 Å². The summed E-state index contributed by atoms with van der Waals surface area (Å²) in [6, 6.07) is 6.34. The van der Waals surface area contributed by atoms with Gasteiger partial charge in [-0.05, 0) is 56.3 Å². The molecule has 2 N–H and O–H groups in total. The van der Waals surface area contributed by atoms with Crippen LogP contribution >= 0.6 is 0 Å². The third kappa shape index (κ3) is 3.43. The number of carbonyl (C=O) groups is 1. The standard InChI is InChI=1S/C17H25FN2O/c1-3-20(13(2)14-5-7-15(18)8-6-14)16(21)11-17(12-19)9-4-10-17/h5-8,13H,3-4,9-12,19H2,1-2H3. The average molecular weight is 292 g/mol. The SMILES string of the molecule is CCN(C(=O)CC1(CN)CCC1)C(C)c1ccc(F)cc1. The second-order valence-electron chi connectivity index (χ2n) is 6.14. The highest BCUT2D eigenvalue weighted by Gasteiger charge is 2.39. The Labute approximate surface area is 126 Å². The Morgan fingerprint density at radius 2 is 2.00 bits per heavy atom. The second kappa shape index (κ2) is 6.56. The molecule has 1 fully saturated rings. The number of amides is 1. The molecule has 1 aromatic rings. The number of nitrogens with two attached hydrogens (primary N) is 1. The zero-order valence-electron chi connectivity index (χ0n) is 12.9. The molecule has 0 aliphatic heterocycles. The van der Waals surface area contributed by atoms with E-state index in [9.17, 15) is 9.18 Å². The van der Waals surface area contributed by atoms with Crippen LogP contribution < -0.4 is 5.73 Å². The molecule has 3 nitrogen and oxygen atoms in total. The Balaban J connectivity index is 2.07. The highest BCUT2D eigenvalue weighted by Crippen LogP contribution is 2.43. The van der Waals surface area contributed by atoms with Crippen LogP contribution in [0.25, 0.3) is 0 Å². The molecule has 0 heterocycles. The van der Waals surface area contributed by atoms with Crippen molar-refractivity contribution < 1.29 is 9.18 Å². The summed E-state index contributed by atoms with van der Waals surface area (Å²) in [5.74, 6) is -0.101. The smallest absolute Gasteiger partial charge is 0.223 e. The van der Waals surface area contributed by atoms with Gasteiger partial charge in [-0.1, -0.05) is 18.6 Å². The van der Waals surface area contributed by atoms with Crippen molar-refractivity contribution in [1.82, 2.24) is 4.90 Å². The first-order chi connectivity index (χ1) is 10.0. The van der Waals surface area contributed by atoms with Crippen molar-refractivity contribution >= 4 is 5.91 Å². The van der Waals surface area contributed by atoms with Crippen molar-refractivity contribution in [2.24, 2.45) is 11.1 Å². The summed E-state index contributed by atoms with van der Waals surface area (Å²) in [6.07, 6.45) is 3.81. The van der Waals surface area contributed by atoms with Crippen LogP contribution in [0.4, 0.5) is 4.39 Å². The molecule has 1 atom stereocenters. The fourth-order valence-electron chi connectivity index (χ4n) is 3.14. The monoisotopic (exact) mass is 292 g/mol. The van der Waals surface area contributed by atoms with Gasteiger partial charge in [0.25, 0.3) is 0 Å². The number of hydrogen-bond donors (Lipinski definition) is 1. The minimum atomic E-state index is -0.253. The van der Waals surface area contributed by atoms with Gasteiger partial charge in [-0.15, -0.1) is 0 Å². The van der Waals surface area contributed by atoms with Gasteiger partial charge in [0.1, 0.15) is 5.82 Å². The number of carbonyl (C=O) groups excluding carboxylic acids is 1. The van der Waals surface area contributed by atoms with Crippen LogP contribution in [0, 0.1) is 11.2 Å². The summed E-state index contributed by atoms with van der Waals surface area (Å²) in [7, 11) is 0. The summed E-state index contributed by atoms with van der Waals surface area (Å²) in [5.41, 5.74) is 6.83. The molecule has 2 rings (SSSR count). The molecule has 1 aromatic carbocycles. The summed E-state index contributed by atoms with van der Waals surface area (Å²) < 4.78 is 13.0. The van der Waals surface area contributed by atoms with E-state index in [0.717, 1.165) is 18.4 Å². The quantitative estimate of drug-likeness (QED) is 0.875. The first-order valence-electron chi connectivity index (χ1n) is 7.76. The lowest BCUT2D eigenvalue weighted by molar-refractivity contribution is -0.137. The van der Waals surface area contributed by atoms with Crippen LogP contribution in [0.2, 0.25) is 0 Å². The minimum Gasteiger partial charge on any atom is -0.336 e. The summed E-state index contributed by atoms with van der Waals surface area (Å²) >= 11 is 0. The molecule has 1 amide bonds. The Morgan fingerprint density at radius 3 is 2.43 bits per heavy atom. The van der Waals surface area contributed by atoms with Gasteiger partial charge in [0.05, 0.1) is 6.04 Å². The van der Waals surface area contributed by atoms with Gasteiger partial charge in [-0.2, -0.15) is 0 Å². The van der Waals surface area contributed by atoms with E-state index in [2.05, 4.69) is 0 Å². The van der Waals surface area contributed by atoms with Crippen LogP contribution in [0.1, 0.15) is 51.1 Å². The molecular formula is C17H25FN2O. The molecule has 1 aliphatic rings. The molecule has 116 valence electrons. The molecule has 1 unspecified atom stereocenters. The van der Waals surface area contributed by atoms with Crippen molar-refractivity contribution in [1.29, 1.82) is 0 Å². The largest absolute Gasteiger partial charge is 0.336 e. The Hall–Kier alpha value is -1.42. The Morgan fingerprint density at radius 1 is 1.38 bits per heavy atom. The lowest BCUT2D eigenvalue weighted by atomic mass is 9.66. The number of hydrogen-bond acceptors (Lipinski definition) is 2. The first kappa shape index (κ1) is 16.0. The zero-order valence-corrected chi connectivity index (χ0v) is 12.9. The number of rotatable bonds is 6. The molecule has 1 aliphatic carbocycles. The van der Waals surface area contributed by atoms with Gasteiger partial charge >= 0.3 is 0 Å². The summed E-state index contributed by atoms with van der Waals surface area (Å²) in [5, 5.41) is 0. The van der Waals surface area contributed by atoms with Gasteiger partial charge in [-0.3, -0.25) is 4.79 Å². The highest BCUT2D eigenvalue weighted by atomic mass is 19.1. The molecule has 0 radical (unpaired) electrons. The predicted octanol–water partition coefficient (Wildman–Crippen LogP) is 3.25. The molecule has 21 heavy (non-hydrogen) atoms. The highest BCUT2D eigenvalue weighted by molar-refractivity contribution is 5.77. The molecule has 0 bridgehead atoms. The van der Waals surface area contributed by atoms with E-state index in [1.54, 1.807) is 12.1 Å². The van der Waals surface area contributed by atoms with E-state index < -0.39 is 0 Å². The van der Waals surface area contributed by atoms with E-state index >= 15 is 0 Å². The molecule has 1 saturated carbocycles. The lowest BCUT2D eigenvalue weighted by Crippen LogP contribution is -2.43.